The fraction of sp³-hybridized carbons (Fsp3) is 0.542. The van der Waals surface area contributed by atoms with Gasteiger partial charge in [0.2, 0.25) is 5.95 Å². The highest BCUT2D eigenvalue weighted by molar-refractivity contribution is 5.95. The second-order valence-electron chi connectivity index (χ2n) is 9.98. The van der Waals surface area contributed by atoms with Crippen LogP contribution in [0.15, 0.2) is 24.3 Å². The van der Waals surface area contributed by atoms with Crippen molar-refractivity contribution in [1.29, 1.82) is 0 Å². The summed E-state index contributed by atoms with van der Waals surface area (Å²) < 4.78 is 0. The summed E-state index contributed by atoms with van der Waals surface area (Å²) in [6.07, 6.45) is 1.07. The summed E-state index contributed by atoms with van der Waals surface area (Å²) in [5.41, 5.74) is 2.62. The van der Waals surface area contributed by atoms with Gasteiger partial charge in [0.15, 0.2) is 0 Å². The van der Waals surface area contributed by atoms with Gasteiger partial charge in [-0.2, -0.15) is 9.97 Å². The van der Waals surface area contributed by atoms with Gasteiger partial charge in [0.05, 0.1) is 0 Å². The highest BCUT2D eigenvalue weighted by Gasteiger charge is 2.22. The largest absolute Gasteiger partial charge is 0.359 e. The number of carbonyl (C=O) groups excluding carboxylic acids is 1. The van der Waals surface area contributed by atoms with Crippen LogP contribution in [0.3, 0.4) is 0 Å². The Morgan fingerprint density at radius 2 is 2.00 bits per heavy atom. The summed E-state index contributed by atoms with van der Waals surface area (Å²) in [6, 6.07) is 7.91. The van der Waals surface area contributed by atoms with E-state index in [9.17, 15) is 4.79 Å². The quantitative estimate of drug-likeness (QED) is 0.609. The third-order valence-corrected chi connectivity index (χ3v) is 5.53. The van der Waals surface area contributed by atoms with Crippen molar-refractivity contribution in [3.05, 3.63) is 35.4 Å². The number of hydrogen-bond acceptors (Lipinski definition) is 7. The van der Waals surface area contributed by atoms with Gasteiger partial charge in [0, 0.05) is 50.5 Å². The van der Waals surface area contributed by atoms with E-state index < -0.39 is 0 Å². The van der Waals surface area contributed by atoms with Crippen LogP contribution >= 0.6 is 0 Å². The zero-order valence-corrected chi connectivity index (χ0v) is 20.4. The molecule has 8 nitrogen and oxygen atoms in total. The molecule has 0 radical (unpaired) electrons. The van der Waals surface area contributed by atoms with E-state index in [1.165, 1.54) is 0 Å². The molecule has 32 heavy (non-hydrogen) atoms. The van der Waals surface area contributed by atoms with Crippen molar-refractivity contribution in [3.63, 3.8) is 0 Å². The maximum Gasteiger partial charge on any atom is 0.251 e. The van der Waals surface area contributed by atoms with Crippen LogP contribution in [-0.2, 0) is 0 Å². The molecule has 0 saturated carbocycles. The lowest BCUT2D eigenvalue weighted by Crippen LogP contribution is -2.30. The van der Waals surface area contributed by atoms with Gasteiger partial charge in [-0.15, -0.1) is 0 Å². The number of hydrogen-bond donors (Lipinski definition) is 3. The number of aromatic nitrogens is 2. The zero-order chi connectivity index (χ0) is 23.5. The number of likely N-dealkylation sites (tertiary alicyclic amines) is 1. The molecule has 1 aliphatic heterocycles. The average molecular weight is 440 g/mol. The zero-order valence-electron chi connectivity index (χ0n) is 20.4. The van der Waals surface area contributed by atoms with Crippen LogP contribution in [0.5, 0.6) is 0 Å². The first kappa shape index (κ1) is 23.8. The minimum atomic E-state index is -0.117. The first-order chi connectivity index (χ1) is 15.0. The average Bonchev–Trinajstić information content (AvgIpc) is 3.12. The minimum absolute atomic E-state index is 0.117. The molecule has 1 saturated heterocycles. The van der Waals surface area contributed by atoms with E-state index in [-0.39, 0.29) is 11.3 Å². The molecule has 1 fully saturated rings. The summed E-state index contributed by atoms with van der Waals surface area (Å²) in [7, 11) is 5.82. The van der Waals surface area contributed by atoms with Crippen molar-refractivity contribution in [1.82, 2.24) is 20.2 Å². The van der Waals surface area contributed by atoms with Gasteiger partial charge < -0.3 is 25.8 Å². The van der Waals surface area contributed by atoms with E-state index in [1.807, 2.05) is 31.2 Å². The fourth-order valence-corrected chi connectivity index (χ4v) is 3.97. The van der Waals surface area contributed by atoms with Crippen molar-refractivity contribution in [3.8, 4) is 0 Å². The fourth-order valence-electron chi connectivity index (χ4n) is 3.97. The topological polar surface area (TPSA) is 85.4 Å². The maximum atomic E-state index is 12.1. The number of anilines is 4. The Balaban J connectivity index is 1.92. The predicted molar refractivity (Wildman–Crippen MR) is 132 cm³/mol. The van der Waals surface area contributed by atoms with Crippen LogP contribution in [0.4, 0.5) is 23.3 Å². The highest BCUT2D eigenvalue weighted by Crippen LogP contribution is 2.26. The van der Waals surface area contributed by atoms with Gasteiger partial charge in [0.25, 0.3) is 5.91 Å². The Hall–Kier alpha value is -2.87. The van der Waals surface area contributed by atoms with Crippen molar-refractivity contribution in [2.24, 2.45) is 5.41 Å². The molecule has 3 rings (SSSR count). The predicted octanol–water partition coefficient (Wildman–Crippen LogP) is 3.49. The van der Waals surface area contributed by atoms with Crippen LogP contribution in [0, 0.1) is 12.3 Å². The third-order valence-electron chi connectivity index (χ3n) is 5.53. The van der Waals surface area contributed by atoms with E-state index in [0.29, 0.717) is 23.4 Å². The number of benzene rings is 1. The van der Waals surface area contributed by atoms with Gasteiger partial charge in [-0.3, -0.25) is 4.79 Å². The van der Waals surface area contributed by atoms with E-state index in [4.69, 9.17) is 9.97 Å². The summed E-state index contributed by atoms with van der Waals surface area (Å²) in [5.74, 6) is 2.05. The van der Waals surface area contributed by atoms with Crippen molar-refractivity contribution >= 4 is 29.2 Å². The van der Waals surface area contributed by atoms with E-state index in [0.717, 1.165) is 43.1 Å². The first-order valence-corrected chi connectivity index (χ1v) is 11.2. The molecule has 0 bridgehead atoms. The number of rotatable bonds is 7. The monoisotopic (exact) mass is 439 g/mol. The number of nitrogens with one attached hydrogen (secondary N) is 3. The lowest BCUT2D eigenvalue weighted by Gasteiger charge is -2.28. The number of likely N-dealkylation sites (N-methyl/N-ethyl adjacent to an activating group) is 1. The minimum Gasteiger partial charge on any atom is -0.359 e. The molecular formula is C24H37N7O. The van der Waals surface area contributed by atoms with E-state index >= 15 is 0 Å². The summed E-state index contributed by atoms with van der Waals surface area (Å²) in [4.78, 5) is 26.1. The molecule has 0 spiro atoms. The van der Waals surface area contributed by atoms with Crippen LogP contribution in [0.25, 0.3) is 0 Å². The summed E-state index contributed by atoms with van der Waals surface area (Å²) >= 11 is 0. The highest BCUT2D eigenvalue weighted by atomic mass is 16.1. The third kappa shape index (κ3) is 6.32. The number of amides is 1. The smallest absolute Gasteiger partial charge is 0.251 e. The molecular weight excluding hydrogens is 402 g/mol. The second kappa shape index (κ2) is 9.73. The molecule has 1 aliphatic rings. The molecule has 2 aromatic rings. The van der Waals surface area contributed by atoms with Gasteiger partial charge in [-0.1, -0.05) is 26.8 Å². The number of aryl methyl sites for hydroxylation is 1. The van der Waals surface area contributed by atoms with Crippen molar-refractivity contribution in [2.45, 2.75) is 40.2 Å². The molecule has 174 valence electrons. The molecule has 3 N–H and O–H groups in total. The van der Waals surface area contributed by atoms with E-state index in [1.54, 1.807) is 7.05 Å². The van der Waals surface area contributed by atoms with Crippen LogP contribution in [0.1, 0.15) is 43.1 Å². The molecule has 1 amide bonds. The molecule has 8 heteroatoms. The van der Waals surface area contributed by atoms with Gasteiger partial charge in [0.1, 0.15) is 11.6 Å². The Bertz CT molecular complexity index is 954. The molecule has 1 atom stereocenters. The molecule has 0 unspecified atom stereocenters. The van der Waals surface area contributed by atoms with E-state index in [2.05, 4.69) is 60.6 Å². The summed E-state index contributed by atoms with van der Waals surface area (Å²) in [5, 5.41) is 9.61. The van der Waals surface area contributed by atoms with Crippen molar-refractivity contribution < 1.29 is 4.79 Å². The molecule has 2 heterocycles. The lowest BCUT2D eigenvalue weighted by atomic mass is 9.96. The Morgan fingerprint density at radius 3 is 2.62 bits per heavy atom. The van der Waals surface area contributed by atoms with Crippen molar-refractivity contribution in [2.75, 3.05) is 56.3 Å². The second-order valence-corrected chi connectivity index (χ2v) is 9.98. The lowest BCUT2D eigenvalue weighted by molar-refractivity contribution is 0.0963. The standard InChI is InChI=1S/C24H37N7O/c1-16-8-9-17(22(32)25-5)12-19(16)27-20-13-21(31(7)15-24(2,3)4)29-23(28-20)26-18-10-11-30(6)14-18/h8-9,12-13,18H,10-11,14-15H2,1-7H3,(H,25,32)(H2,26,27,28,29)/t18-/m1/s1. The molecule has 0 aliphatic carbocycles. The SMILES string of the molecule is CNC(=O)c1ccc(C)c(Nc2cc(N(C)CC(C)(C)C)nc(N[C@@H]3CCN(C)C3)n2)c1. The van der Waals surface area contributed by atoms with Gasteiger partial charge in [-0.25, -0.2) is 0 Å². The first-order valence-electron chi connectivity index (χ1n) is 11.2. The summed E-state index contributed by atoms with van der Waals surface area (Å²) in [6.45, 7) is 11.6. The molecule has 1 aromatic heterocycles. The van der Waals surface area contributed by atoms with Crippen LogP contribution in [-0.4, -0.2) is 67.6 Å². The van der Waals surface area contributed by atoms with Gasteiger partial charge in [-0.05, 0) is 50.0 Å². The number of nitrogens with zero attached hydrogens (tertiary/aromatic N) is 4. The van der Waals surface area contributed by atoms with Crippen LogP contribution in [0.2, 0.25) is 0 Å². The normalized spacial score (nSPS) is 16.7. The number of carbonyl (C=O) groups is 1. The van der Waals surface area contributed by atoms with Gasteiger partial charge >= 0.3 is 0 Å². The Labute approximate surface area is 191 Å². The Morgan fingerprint density at radius 1 is 1.25 bits per heavy atom. The van der Waals surface area contributed by atoms with Crippen LogP contribution < -0.4 is 20.9 Å². The molecule has 1 aromatic carbocycles. The maximum absolute atomic E-state index is 12.1. The Kier molecular flexibility index (Phi) is 7.23.